The van der Waals surface area contributed by atoms with E-state index in [1.54, 1.807) is 6.07 Å². The van der Waals surface area contributed by atoms with Gasteiger partial charge in [-0.15, -0.1) is 0 Å². The summed E-state index contributed by atoms with van der Waals surface area (Å²) in [6, 6.07) is 5.44. The molecule has 1 aromatic carbocycles. The molecular formula is C13H12N4O3. The molecule has 2 aromatic rings. The number of nitrogens with one attached hydrogen (secondary N) is 2. The van der Waals surface area contributed by atoms with Gasteiger partial charge in [0.2, 0.25) is 0 Å². The number of carbonyl (C=O) groups excluding carboxylic acids is 1. The van der Waals surface area contributed by atoms with E-state index in [1.165, 1.54) is 4.90 Å². The third-order valence-electron chi connectivity index (χ3n) is 3.32. The van der Waals surface area contributed by atoms with Crippen molar-refractivity contribution in [3.63, 3.8) is 0 Å². The van der Waals surface area contributed by atoms with Gasteiger partial charge in [-0.25, -0.2) is 4.79 Å². The molecule has 1 aliphatic heterocycles. The molecule has 20 heavy (non-hydrogen) atoms. The van der Waals surface area contributed by atoms with Crippen LogP contribution in [-0.4, -0.2) is 22.4 Å². The molecular weight excluding hydrogens is 260 g/mol. The number of para-hydroxylation sites is 1. The Morgan fingerprint density at radius 1 is 1.30 bits per heavy atom. The number of amides is 1. The predicted molar refractivity (Wildman–Crippen MR) is 73.9 cm³/mol. The average Bonchev–Trinajstić information content (AvgIpc) is 2.83. The second kappa shape index (κ2) is 4.37. The first kappa shape index (κ1) is 12.2. The lowest BCUT2D eigenvalue weighted by molar-refractivity contribution is 0.0987. The highest BCUT2D eigenvalue weighted by Gasteiger charge is 2.28. The van der Waals surface area contributed by atoms with E-state index in [0.29, 0.717) is 24.3 Å². The minimum absolute atomic E-state index is 0.110. The van der Waals surface area contributed by atoms with Crippen LogP contribution in [0.4, 0.5) is 11.4 Å². The van der Waals surface area contributed by atoms with Crippen LogP contribution in [0.25, 0.3) is 0 Å². The Kier molecular flexibility index (Phi) is 2.67. The Labute approximate surface area is 113 Å². The fraction of sp³-hybridized carbons (Fsp3) is 0.154. The van der Waals surface area contributed by atoms with Gasteiger partial charge in [0.1, 0.15) is 5.56 Å². The van der Waals surface area contributed by atoms with Crippen molar-refractivity contribution < 1.29 is 4.79 Å². The molecule has 102 valence electrons. The van der Waals surface area contributed by atoms with Crippen molar-refractivity contribution in [1.82, 2.24) is 9.97 Å². The van der Waals surface area contributed by atoms with Gasteiger partial charge in [0.15, 0.2) is 0 Å². The van der Waals surface area contributed by atoms with E-state index in [-0.39, 0.29) is 5.56 Å². The maximum atomic E-state index is 12.4. The standard InChI is InChI=1S/C13H12N4O3/c14-9-3-1-2-7-4-5-17(10(7)9)12(19)8-6-15-13(20)16-11(8)18/h1-3,6H,4-5,14H2,(H2,15,16,18,20). The first-order chi connectivity index (χ1) is 9.58. The highest BCUT2D eigenvalue weighted by Crippen LogP contribution is 2.34. The van der Waals surface area contributed by atoms with Crippen LogP contribution in [0.5, 0.6) is 0 Å². The Balaban J connectivity index is 2.06. The van der Waals surface area contributed by atoms with E-state index in [1.807, 2.05) is 17.1 Å². The molecule has 2 heterocycles. The number of anilines is 2. The number of rotatable bonds is 1. The molecule has 7 heteroatoms. The fourth-order valence-electron chi connectivity index (χ4n) is 2.40. The monoisotopic (exact) mass is 272 g/mol. The number of fused-ring (bicyclic) bond motifs is 1. The van der Waals surface area contributed by atoms with Crippen LogP contribution in [0.2, 0.25) is 0 Å². The molecule has 0 unspecified atom stereocenters. The Morgan fingerprint density at radius 2 is 2.10 bits per heavy atom. The molecule has 0 bridgehead atoms. The Bertz CT molecular complexity index is 806. The van der Waals surface area contributed by atoms with Crippen LogP contribution in [0.15, 0.2) is 34.0 Å². The van der Waals surface area contributed by atoms with Crippen LogP contribution >= 0.6 is 0 Å². The van der Waals surface area contributed by atoms with Crippen molar-refractivity contribution in [2.24, 2.45) is 0 Å². The van der Waals surface area contributed by atoms with Crippen LogP contribution in [0.1, 0.15) is 15.9 Å². The molecule has 0 radical (unpaired) electrons. The number of hydrogen-bond acceptors (Lipinski definition) is 4. The van der Waals surface area contributed by atoms with Gasteiger partial charge in [-0.1, -0.05) is 12.1 Å². The summed E-state index contributed by atoms with van der Waals surface area (Å²) in [5, 5.41) is 0. The smallest absolute Gasteiger partial charge is 0.325 e. The van der Waals surface area contributed by atoms with E-state index >= 15 is 0 Å². The summed E-state index contributed by atoms with van der Waals surface area (Å²) >= 11 is 0. The number of aromatic amines is 2. The lowest BCUT2D eigenvalue weighted by atomic mass is 10.1. The number of H-pyrrole nitrogens is 2. The zero-order valence-electron chi connectivity index (χ0n) is 10.5. The SMILES string of the molecule is Nc1cccc2c1N(C(=O)c1c[nH]c(=O)[nH]c1=O)CC2. The normalized spacial score (nSPS) is 13.3. The number of hydrogen-bond donors (Lipinski definition) is 3. The van der Waals surface area contributed by atoms with Gasteiger partial charge in [0.25, 0.3) is 11.5 Å². The minimum atomic E-state index is -0.707. The van der Waals surface area contributed by atoms with E-state index in [2.05, 4.69) is 4.98 Å². The molecule has 0 spiro atoms. The van der Waals surface area contributed by atoms with Crippen molar-refractivity contribution >= 4 is 17.3 Å². The highest BCUT2D eigenvalue weighted by molar-refractivity contribution is 6.08. The van der Waals surface area contributed by atoms with Crippen LogP contribution in [0.3, 0.4) is 0 Å². The van der Waals surface area contributed by atoms with Crippen LogP contribution in [-0.2, 0) is 6.42 Å². The molecule has 7 nitrogen and oxygen atoms in total. The predicted octanol–water partition coefficient (Wildman–Crippen LogP) is -0.152. The molecule has 0 atom stereocenters. The third-order valence-corrected chi connectivity index (χ3v) is 3.32. The van der Waals surface area contributed by atoms with Crippen LogP contribution in [0, 0.1) is 0 Å². The molecule has 1 aromatic heterocycles. The van der Waals surface area contributed by atoms with Crippen molar-refractivity contribution in [1.29, 1.82) is 0 Å². The summed E-state index contributed by atoms with van der Waals surface area (Å²) < 4.78 is 0. The lowest BCUT2D eigenvalue weighted by Crippen LogP contribution is -2.36. The van der Waals surface area contributed by atoms with E-state index in [4.69, 9.17) is 5.73 Å². The Hall–Kier alpha value is -2.83. The summed E-state index contributed by atoms with van der Waals surface area (Å²) in [4.78, 5) is 40.9. The minimum Gasteiger partial charge on any atom is -0.397 e. The maximum Gasteiger partial charge on any atom is 0.325 e. The zero-order valence-corrected chi connectivity index (χ0v) is 10.5. The number of aromatic nitrogens is 2. The number of nitrogens with two attached hydrogens (primary N) is 1. The highest BCUT2D eigenvalue weighted by atomic mass is 16.2. The zero-order chi connectivity index (χ0) is 14.3. The van der Waals surface area contributed by atoms with Gasteiger partial charge in [0.05, 0.1) is 11.4 Å². The number of carbonyl (C=O) groups is 1. The Morgan fingerprint density at radius 3 is 2.85 bits per heavy atom. The van der Waals surface area contributed by atoms with Gasteiger partial charge in [-0.05, 0) is 18.1 Å². The summed E-state index contributed by atoms with van der Waals surface area (Å²) in [6.45, 7) is 0.459. The van der Waals surface area contributed by atoms with Gasteiger partial charge < -0.3 is 15.6 Å². The molecule has 0 fully saturated rings. The van der Waals surface area contributed by atoms with Crippen molar-refractivity contribution in [3.05, 3.63) is 56.4 Å². The van der Waals surface area contributed by atoms with Gasteiger partial charge in [-0.3, -0.25) is 14.6 Å². The topological polar surface area (TPSA) is 112 Å². The third kappa shape index (κ3) is 1.80. The number of nitrogen functional groups attached to an aromatic ring is 1. The molecule has 3 rings (SSSR count). The quantitative estimate of drug-likeness (QED) is 0.626. The molecule has 4 N–H and O–H groups in total. The van der Waals surface area contributed by atoms with Crippen LogP contribution < -0.4 is 21.9 Å². The number of nitrogens with zero attached hydrogens (tertiary/aromatic N) is 1. The molecule has 0 saturated carbocycles. The fourth-order valence-corrected chi connectivity index (χ4v) is 2.40. The summed E-state index contributed by atoms with van der Waals surface area (Å²) in [5.41, 5.74) is 6.55. The van der Waals surface area contributed by atoms with Crippen molar-refractivity contribution in [2.45, 2.75) is 6.42 Å². The van der Waals surface area contributed by atoms with E-state index in [9.17, 15) is 14.4 Å². The second-order valence-electron chi connectivity index (χ2n) is 4.55. The summed E-state index contributed by atoms with van der Waals surface area (Å²) in [7, 11) is 0. The van der Waals surface area contributed by atoms with Gasteiger partial charge >= 0.3 is 5.69 Å². The first-order valence-electron chi connectivity index (χ1n) is 6.09. The van der Waals surface area contributed by atoms with Gasteiger partial charge in [-0.2, -0.15) is 0 Å². The number of benzene rings is 1. The van der Waals surface area contributed by atoms with Crippen molar-refractivity contribution in [3.8, 4) is 0 Å². The summed E-state index contributed by atoms with van der Waals surface area (Å²) in [6.07, 6.45) is 1.81. The molecule has 1 amide bonds. The molecule has 0 saturated heterocycles. The second-order valence-corrected chi connectivity index (χ2v) is 4.55. The van der Waals surface area contributed by atoms with E-state index < -0.39 is 17.2 Å². The largest absolute Gasteiger partial charge is 0.397 e. The molecule has 1 aliphatic rings. The molecule has 0 aliphatic carbocycles. The average molecular weight is 272 g/mol. The van der Waals surface area contributed by atoms with E-state index in [0.717, 1.165) is 11.8 Å². The lowest BCUT2D eigenvalue weighted by Gasteiger charge is -2.18. The first-order valence-corrected chi connectivity index (χ1v) is 6.09. The maximum absolute atomic E-state index is 12.4. The van der Waals surface area contributed by atoms with Gasteiger partial charge in [0, 0.05) is 12.7 Å². The van der Waals surface area contributed by atoms with Crippen molar-refractivity contribution in [2.75, 3.05) is 17.2 Å². The summed E-state index contributed by atoms with van der Waals surface area (Å²) in [5.74, 6) is -0.473.